The zero-order valence-corrected chi connectivity index (χ0v) is 18.6. The van der Waals surface area contributed by atoms with Gasteiger partial charge in [-0.3, -0.25) is 9.69 Å². The number of morpholine rings is 1. The van der Waals surface area contributed by atoms with Gasteiger partial charge < -0.3 is 19.8 Å². The first kappa shape index (κ1) is 22.4. The van der Waals surface area contributed by atoms with Gasteiger partial charge in [-0.15, -0.1) is 0 Å². The Balaban J connectivity index is 1.99. The summed E-state index contributed by atoms with van der Waals surface area (Å²) in [7, 11) is 1.67. The zero-order valence-electron chi connectivity index (χ0n) is 18.6. The number of hydrogen-bond donors (Lipinski definition) is 1. The molecule has 1 amide bonds. The van der Waals surface area contributed by atoms with E-state index in [1.165, 1.54) is 5.69 Å². The summed E-state index contributed by atoms with van der Waals surface area (Å²) in [6.07, 6.45) is 4.09. The molecule has 6 nitrogen and oxygen atoms in total. The molecule has 0 unspecified atom stereocenters. The smallest absolute Gasteiger partial charge is 0.251 e. The van der Waals surface area contributed by atoms with Crippen molar-refractivity contribution in [1.29, 1.82) is 0 Å². The minimum atomic E-state index is -0.377. The molecule has 2 N–H and O–H groups in total. The fourth-order valence-corrected chi connectivity index (χ4v) is 4.42. The molecule has 1 saturated heterocycles. The van der Waals surface area contributed by atoms with E-state index in [9.17, 15) is 4.79 Å². The van der Waals surface area contributed by atoms with Crippen LogP contribution >= 0.6 is 0 Å². The number of nitrogens with two attached hydrogens (primary N) is 1. The summed E-state index contributed by atoms with van der Waals surface area (Å²) in [5, 5.41) is 0. The number of primary amides is 1. The van der Waals surface area contributed by atoms with Gasteiger partial charge in [-0.2, -0.15) is 0 Å². The SMILES string of the molecule is CCCCc1c(-c2ccccc2OC)c(C(N)=O)c(C)n1CCCN1CCOCC1. The van der Waals surface area contributed by atoms with Crippen molar-refractivity contribution in [2.45, 2.75) is 46.1 Å². The molecule has 1 fully saturated rings. The largest absolute Gasteiger partial charge is 0.496 e. The van der Waals surface area contributed by atoms with Gasteiger partial charge in [-0.05, 0) is 32.3 Å². The van der Waals surface area contributed by atoms with Crippen LogP contribution in [0.15, 0.2) is 24.3 Å². The summed E-state index contributed by atoms with van der Waals surface area (Å²) in [5.74, 6) is 0.390. The molecular weight excluding hydrogens is 378 g/mol. The fraction of sp³-hybridized carbons (Fsp3) is 0.542. The van der Waals surface area contributed by atoms with E-state index in [2.05, 4.69) is 16.4 Å². The number of benzene rings is 1. The van der Waals surface area contributed by atoms with Gasteiger partial charge in [0.2, 0.25) is 0 Å². The van der Waals surface area contributed by atoms with Crippen LogP contribution < -0.4 is 10.5 Å². The lowest BCUT2D eigenvalue weighted by molar-refractivity contribution is 0.0369. The van der Waals surface area contributed by atoms with Crippen molar-refractivity contribution in [3.63, 3.8) is 0 Å². The molecule has 3 rings (SSSR count). The molecule has 2 heterocycles. The van der Waals surface area contributed by atoms with E-state index in [-0.39, 0.29) is 5.91 Å². The summed E-state index contributed by atoms with van der Waals surface area (Å²) in [5.41, 5.74) is 10.5. The molecule has 6 heteroatoms. The van der Waals surface area contributed by atoms with Crippen LogP contribution in [0, 0.1) is 6.92 Å². The third-order valence-corrected chi connectivity index (χ3v) is 5.98. The third-order valence-electron chi connectivity index (χ3n) is 5.98. The van der Waals surface area contributed by atoms with Crippen LogP contribution in [0.3, 0.4) is 0 Å². The highest BCUT2D eigenvalue weighted by Crippen LogP contribution is 2.38. The Morgan fingerprint density at radius 2 is 1.90 bits per heavy atom. The second-order valence-corrected chi connectivity index (χ2v) is 7.91. The van der Waals surface area contributed by atoms with Gasteiger partial charge in [0.05, 0.1) is 25.9 Å². The number of rotatable bonds is 10. The van der Waals surface area contributed by atoms with Gasteiger partial charge in [-0.1, -0.05) is 31.5 Å². The second-order valence-electron chi connectivity index (χ2n) is 7.91. The Labute approximate surface area is 179 Å². The van der Waals surface area contributed by atoms with Crippen molar-refractivity contribution < 1.29 is 14.3 Å². The van der Waals surface area contributed by atoms with Crippen LogP contribution in [0.1, 0.15) is 47.9 Å². The van der Waals surface area contributed by atoms with Crippen molar-refractivity contribution >= 4 is 5.91 Å². The summed E-state index contributed by atoms with van der Waals surface area (Å²) in [4.78, 5) is 15.0. The average molecular weight is 414 g/mol. The number of hydrogen-bond acceptors (Lipinski definition) is 4. The maximum atomic E-state index is 12.5. The number of para-hydroxylation sites is 1. The van der Waals surface area contributed by atoms with Crippen LogP contribution in [-0.2, 0) is 17.7 Å². The van der Waals surface area contributed by atoms with Gasteiger partial charge in [0.15, 0.2) is 0 Å². The number of ether oxygens (including phenoxy) is 2. The van der Waals surface area contributed by atoms with Crippen molar-refractivity contribution in [3.05, 3.63) is 41.2 Å². The van der Waals surface area contributed by atoms with Crippen molar-refractivity contribution in [3.8, 4) is 16.9 Å². The van der Waals surface area contributed by atoms with Crippen LogP contribution in [0.4, 0.5) is 0 Å². The van der Waals surface area contributed by atoms with Crippen LogP contribution in [-0.4, -0.2) is 55.3 Å². The van der Waals surface area contributed by atoms with E-state index in [0.29, 0.717) is 5.56 Å². The summed E-state index contributed by atoms with van der Waals surface area (Å²) in [6.45, 7) is 9.72. The van der Waals surface area contributed by atoms with E-state index < -0.39 is 0 Å². The first-order valence-electron chi connectivity index (χ1n) is 11.0. The standard InChI is InChI=1S/C24H35N3O3/c1-4-5-10-20-23(19-9-6-7-11-21(19)29-3)22(24(25)28)18(2)27(20)13-8-12-26-14-16-30-17-15-26/h6-7,9,11H,4-5,8,10,12-17H2,1-3H3,(H2,25,28). The minimum Gasteiger partial charge on any atom is -0.496 e. The lowest BCUT2D eigenvalue weighted by atomic mass is 9.97. The number of unbranched alkanes of at least 4 members (excludes halogenated alkanes) is 1. The van der Waals surface area contributed by atoms with Gasteiger partial charge in [0.1, 0.15) is 5.75 Å². The Hall–Kier alpha value is -2.31. The van der Waals surface area contributed by atoms with Gasteiger partial charge in [-0.25, -0.2) is 0 Å². The monoisotopic (exact) mass is 413 g/mol. The summed E-state index contributed by atoms with van der Waals surface area (Å²) < 4.78 is 13.4. The molecule has 2 aromatic rings. The van der Waals surface area contributed by atoms with Gasteiger partial charge in [0.25, 0.3) is 5.91 Å². The lowest BCUT2D eigenvalue weighted by Crippen LogP contribution is -2.37. The minimum absolute atomic E-state index is 0.377. The quantitative estimate of drug-likeness (QED) is 0.646. The average Bonchev–Trinajstić information content (AvgIpc) is 3.04. The summed E-state index contributed by atoms with van der Waals surface area (Å²) >= 11 is 0. The summed E-state index contributed by atoms with van der Waals surface area (Å²) in [6, 6.07) is 7.89. The normalized spacial score (nSPS) is 14.8. The fourth-order valence-electron chi connectivity index (χ4n) is 4.42. The highest BCUT2D eigenvalue weighted by Gasteiger charge is 2.26. The van der Waals surface area contributed by atoms with Crippen LogP contribution in [0.25, 0.3) is 11.1 Å². The molecule has 0 bridgehead atoms. The number of aromatic nitrogens is 1. The molecule has 1 aliphatic rings. The molecule has 1 aliphatic heterocycles. The maximum Gasteiger partial charge on any atom is 0.251 e. The molecule has 0 atom stereocenters. The molecule has 0 radical (unpaired) electrons. The van der Waals surface area contributed by atoms with E-state index in [1.807, 2.05) is 31.2 Å². The third kappa shape index (κ3) is 4.87. The number of nitrogens with zero attached hydrogens (tertiary/aromatic N) is 2. The van der Waals surface area contributed by atoms with Crippen molar-refractivity contribution in [2.24, 2.45) is 5.73 Å². The molecular formula is C24H35N3O3. The second kappa shape index (κ2) is 10.6. The molecule has 0 spiro atoms. The first-order valence-corrected chi connectivity index (χ1v) is 11.0. The predicted octanol–water partition coefficient (Wildman–Crippen LogP) is 3.64. The zero-order chi connectivity index (χ0) is 21.5. The maximum absolute atomic E-state index is 12.5. The van der Waals surface area contributed by atoms with Crippen LogP contribution in [0.5, 0.6) is 5.75 Å². The van der Waals surface area contributed by atoms with Gasteiger partial charge >= 0.3 is 0 Å². The van der Waals surface area contributed by atoms with E-state index >= 15 is 0 Å². The Bertz CT molecular complexity index is 854. The van der Waals surface area contributed by atoms with Gasteiger partial charge in [0, 0.05) is 48.7 Å². The molecule has 164 valence electrons. The van der Waals surface area contributed by atoms with Crippen molar-refractivity contribution in [1.82, 2.24) is 9.47 Å². The Morgan fingerprint density at radius 3 is 2.57 bits per heavy atom. The number of methoxy groups -OCH3 is 1. The predicted molar refractivity (Wildman–Crippen MR) is 120 cm³/mol. The first-order chi connectivity index (χ1) is 14.6. The van der Waals surface area contributed by atoms with E-state index in [4.69, 9.17) is 15.2 Å². The molecule has 1 aromatic carbocycles. The van der Waals surface area contributed by atoms with E-state index in [1.54, 1.807) is 7.11 Å². The number of amides is 1. The molecule has 0 saturated carbocycles. The number of carbonyl (C=O) groups is 1. The molecule has 1 aromatic heterocycles. The Morgan fingerprint density at radius 1 is 1.17 bits per heavy atom. The lowest BCUT2D eigenvalue weighted by Gasteiger charge is -2.26. The topological polar surface area (TPSA) is 69.7 Å². The molecule has 30 heavy (non-hydrogen) atoms. The number of carbonyl (C=O) groups excluding carboxylic acids is 1. The van der Waals surface area contributed by atoms with Crippen LogP contribution in [0.2, 0.25) is 0 Å². The Kier molecular flexibility index (Phi) is 7.94. The van der Waals surface area contributed by atoms with E-state index in [0.717, 1.165) is 87.6 Å². The molecule has 0 aliphatic carbocycles. The van der Waals surface area contributed by atoms with Crippen molar-refractivity contribution in [2.75, 3.05) is 40.0 Å². The highest BCUT2D eigenvalue weighted by molar-refractivity contribution is 6.03. The highest BCUT2D eigenvalue weighted by atomic mass is 16.5.